The van der Waals surface area contributed by atoms with E-state index in [0.29, 0.717) is 21.4 Å². The number of amides is 2. The molecule has 0 saturated heterocycles. The number of carbonyl (C=O) groups excluding carboxylic acids is 2. The first-order chi connectivity index (χ1) is 15.4. The average molecular weight is 480 g/mol. The number of methoxy groups -OCH3 is 2. The molecule has 2 N–H and O–H groups in total. The molecule has 0 aliphatic carbocycles. The molecule has 1 aromatic heterocycles. The number of thioether (sulfide) groups is 1. The third-order valence-electron chi connectivity index (χ3n) is 4.35. The number of halogens is 2. The van der Waals surface area contributed by atoms with Crippen molar-refractivity contribution in [1.29, 1.82) is 0 Å². The minimum absolute atomic E-state index is 0.0584. The average Bonchev–Trinajstić information content (AvgIpc) is 3.20. The van der Waals surface area contributed by atoms with Crippen LogP contribution in [0.2, 0.25) is 0 Å². The number of nitrogens with zero attached hydrogens (tertiary/aromatic N) is 1. The Hall–Kier alpha value is -3.18. The molecule has 32 heavy (non-hydrogen) atoms. The first-order valence-corrected chi connectivity index (χ1v) is 11.2. The molecule has 0 radical (unpaired) electrons. The van der Waals surface area contributed by atoms with Gasteiger partial charge in [0.05, 0.1) is 14.2 Å². The van der Waals surface area contributed by atoms with Crippen LogP contribution in [0.3, 0.4) is 0 Å². The number of ether oxygens (including phenoxy) is 2. The fourth-order valence-corrected chi connectivity index (χ4v) is 4.22. The summed E-state index contributed by atoms with van der Waals surface area (Å²) in [6.07, 6.45) is 1.75. The first kappa shape index (κ1) is 23.5. The highest BCUT2D eigenvalue weighted by Crippen LogP contribution is 2.31. The minimum atomic E-state index is -1.01. The molecule has 168 valence electrons. The smallest absolute Gasteiger partial charge is 0.273 e. The molecule has 0 bridgehead atoms. The zero-order chi connectivity index (χ0) is 23.3. The van der Waals surface area contributed by atoms with Crippen LogP contribution in [0.25, 0.3) is 0 Å². The summed E-state index contributed by atoms with van der Waals surface area (Å²) in [5, 5.41) is 5.20. The second kappa shape index (κ2) is 10.4. The van der Waals surface area contributed by atoms with E-state index in [4.69, 9.17) is 9.47 Å². The van der Waals surface area contributed by atoms with E-state index in [1.54, 1.807) is 24.5 Å². The fourth-order valence-electron chi connectivity index (χ4n) is 2.76. The third-order valence-corrected chi connectivity index (χ3v) is 6.30. The van der Waals surface area contributed by atoms with Crippen LogP contribution in [-0.2, 0) is 6.54 Å². The van der Waals surface area contributed by atoms with Gasteiger partial charge in [0.2, 0.25) is 0 Å². The molecule has 3 aromatic rings. The van der Waals surface area contributed by atoms with Crippen molar-refractivity contribution in [3.63, 3.8) is 0 Å². The summed E-state index contributed by atoms with van der Waals surface area (Å²) in [6, 6.07) is 8.28. The maximum Gasteiger partial charge on any atom is 0.273 e. The van der Waals surface area contributed by atoms with Crippen LogP contribution in [0.5, 0.6) is 11.5 Å². The highest BCUT2D eigenvalue weighted by atomic mass is 32.2. The number of anilines is 1. The number of aromatic nitrogens is 1. The van der Waals surface area contributed by atoms with Gasteiger partial charge in [-0.25, -0.2) is 13.8 Å². The molecule has 0 saturated carbocycles. The van der Waals surface area contributed by atoms with Crippen molar-refractivity contribution in [3.8, 4) is 11.5 Å². The number of hydrogen-bond acceptors (Lipinski definition) is 7. The standard InChI is InChI=1S/C21H19F2N3O4S2/c1-29-12-8-7-11(15(9-12)30-2)10-24-19(28)17-20(32-21(25-17)31-3)26-18(27)16-13(22)5-4-6-14(16)23/h4-9H,10H2,1-3H3,(H,24,28)(H,26,27). The van der Waals surface area contributed by atoms with Crippen LogP contribution < -0.4 is 20.1 Å². The molecule has 0 spiro atoms. The van der Waals surface area contributed by atoms with Gasteiger partial charge in [0, 0.05) is 18.2 Å². The molecule has 2 aromatic carbocycles. The molecule has 0 fully saturated rings. The SMILES string of the molecule is COc1ccc(CNC(=O)c2nc(SC)sc2NC(=O)c2c(F)cccc2F)c(OC)c1. The first-order valence-electron chi connectivity index (χ1n) is 9.17. The summed E-state index contributed by atoms with van der Waals surface area (Å²) < 4.78 is 38.9. The molecule has 0 atom stereocenters. The molecule has 11 heteroatoms. The number of thiazole rings is 1. The second-order valence-corrected chi connectivity index (χ2v) is 8.33. The topological polar surface area (TPSA) is 89.5 Å². The van der Waals surface area contributed by atoms with Gasteiger partial charge in [0.15, 0.2) is 10.0 Å². The van der Waals surface area contributed by atoms with E-state index >= 15 is 0 Å². The van der Waals surface area contributed by atoms with Crippen molar-refractivity contribution in [2.75, 3.05) is 25.8 Å². The predicted molar refractivity (Wildman–Crippen MR) is 119 cm³/mol. The molecule has 3 rings (SSSR count). The lowest BCUT2D eigenvalue weighted by Crippen LogP contribution is -2.25. The van der Waals surface area contributed by atoms with Crippen LogP contribution in [0.4, 0.5) is 13.8 Å². The highest BCUT2D eigenvalue weighted by Gasteiger charge is 2.23. The summed E-state index contributed by atoms with van der Waals surface area (Å²) in [5.41, 5.74) is -0.0983. The Bertz CT molecular complexity index is 1130. The maximum atomic E-state index is 14.0. The predicted octanol–water partition coefficient (Wildman–Crippen LogP) is 4.34. The van der Waals surface area contributed by atoms with Gasteiger partial charge in [0.25, 0.3) is 11.8 Å². The van der Waals surface area contributed by atoms with Crippen molar-refractivity contribution in [3.05, 3.63) is 64.9 Å². The van der Waals surface area contributed by atoms with E-state index in [0.717, 1.165) is 29.5 Å². The van der Waals surface area contributed by atoms with Crippen LogP contribution in [0, 0.1) is 11.6 Å². The Balaban J connectivity index is 1.80. The van der Waals surface area contributed by atoms with Crippen LogP contribution in [0.15, 0.2) is 40.7 Å². The van der Waals surface area contributed by atoms with Gasteiger partial charge in [-0.3, -0.25) is 9.59 Å². The van der Waals surface area contributed by atoms with Crippen molar-refractivity contribution >= 4 is 39.9 Å². The van der Waals surface area contributed by atoms with Gasteiger partial charge in [-0.15, -0.1) is 0 Å². The third kappa shape index (κ3) is 5.17. The zero-order valence-corrected chi connectivity index (χ0v) is 19.0. The summed E-state index contributed by atoms with van der Waals surface area (Å²) in [4.78, 5) is 29.5. The number of rotatable bonds is 8. The molecule has 1 heterocycles. The van der Waals surface area contributed by atoms with Gasteiger partial charge in [-0.1, -0.05) is 29.2 Å². The van der Waals surface area contributed by atoms with Gasteiger partial charge >= 0.3 is 0 Å². The van der Waals surface area contributed by atoms with Crippen molar-refractivity contribution in [2.45, 2.75) is 10.9 Å². The van der Waals surface area contributed by atoms with Crippen LogP contribution >= 0.6 is 23.1 Å². The molecular weight excluding hydrogens is 460 g/mol. The van der Waals surface area contributed by atoms with Gasteiger partial charge in [-0.2, -0.15) is 0 Å². The number of carbonyl (C=O) groups is 2. The van der Waals surface area contributed by atoms with Crippen molar-refractivity contribution < 1.29 is 27.8 Å². The van der Waals surface area contributed by atoms with E-state index < -0.39 is 29.0 Å². The molecule has 0 unspecified atom stereocenters. The number of hydrogen-bond donors (Lipinski definition) is 2. The van der Waals surface area contributed by atoms with E-state index in [2.05, 4.69) is 15.6 Å². The van der Waals surface area contributed by atoms with E-state index in [1.165, 1.54) is 26.0 Å². The molecular formula is C21H19F2N3O4S2. The lowest BCUT2D eigenvalue weighted by Gasteiger charge is -2.11. The Morgan fingerprint density at radius 2 is 1.81 bits per heavy atom. The Labute approximate surface area is 191 Å². The number of benzene rings is 2. The Morgan fingerprint density at radius 3 is 2.44 bits per heavy atom. The van der Waals surface area contributed by atoms with Crippen LogP contribution in [-0.4, -0.2) is 37.3 Å². The minimum Gasteiger partial charge on any atom is -0.497 e. The van der Waals surface area contributed by atoms with Crippen molar-refractivity contribution in [2.24, 2.45) is 0 Å². The quantitative estimate of drug-likeness (QED) is 0.467. The maximum absolute atomic E-state index is 14.0. The van der Waals surface area contributed by atoms with Crippen LogP contribution in [0.1, 0.15) is 26.4 Å². The second-order valence-electron chi connectivity index (χ2n) is 6.27. The zero-order valence-electron chi connectivity index (χ0n) is 17.3. The van der Waals surface area contributed by atoms with E-state index in [-0.39, 0.29) is 17.2 Å². The largest absolute Gasteiger partial charge is 0.497 e. The lowest BCUT2D eigenvalue weighted by molar-refractivity contribution is 0.0947. The van der Waals surface area contributed by atoms with Gasteiger partial charge in [0.1, 0.15) is 33.7 Å². The fraction of sp³-hybridized carbons (Fsp3) is 0.190. The molecule has 7 nitrogen and oxygen atoms in total. The number of nitrogens with one attached hydrogen (secondary N) is 2. The van der Waals surface area contributed by atoms with E-state index in [1.807, 2.05) is 0 Å². The Kier molecular flexibility index (Phi) is 7.65. The molecule has 0 aliphatic rings. The summed E-state index contributed by atoms with van der Waals surface area (Å²) in [7, 11) is 3.03. The summed E-state index contributed by atoms with van der Waals surface area (Å²) >= 11 is 2.30. The summed E-state index contributed by atoms with van der Waals surface area (Å²) in [6.45, 7) is 0.119. The van der Waals surface area contributed by atoms with Crippen molar-refractivity contribution in [1.82, 2.24) is 10.3 Å². The van der Waals surface area contributed by atoms with Gasteiger partial charge < -0.3 is 20.1 Å². The molecule has 2 amide bonds. The normalized spacial score (nSPS) is 10.5. The van der Waals surface area contributed by atoms with Gasteiger partial charge in [-0.05, 0) is 30.5 Å². The lowest BCUT2D eigenvalue weighted by atomic mass is 10.2. The highest BCUT2D eigenvalue weighted by molar-refractivity contribution is 8.00. The molecule has 0 aliphatic heterocycles. The summed E-state index contributed by atoms with van der Waals surface area (Å²) in [5.74, 6) is -2.46. The van der Waals surface area contributed by atoms with E-state index in [9.17, 15) is 18.4 Å². The Morgan fingerprint density at radius 1 is 1.09 bits per heavy atom. The monoisotopic (exact) mass is 479 g/mol.